The number of hydrogen-bond acceptors (Lipinski definition) is 5. The predicted octanol–water partition coefficient (Wildman–Crippen LogP) is 4.58. The number of benzene rings is 3. The van der Waals surface area contributed by atoms with Gasteiger partial charge < -0.3 is 4.57 Å². The van der Waals surface area contributed by atoms with Crippen LogP contribution in [0.5, 0.6) is 0 Å². The van der Waals surface area contributed by atoms with Crippen LogP contribution in [0.1, 0.15) is 47.5 Å². The number of anilines is 2. The molecule has 4 atom stereocenters. The number of para-hydroxylation sites is 2. The molecule has 204 valence electrons. The van der Waals surface area contributed by atoms with E-state index in [4.69, 9.17) is 4.98 Å². The van der Waals surface area contributed by atoms with Crippen molar-refractivity contribution in [1.82, 2.24) is 9.55 Å². The van der Waals surface area contributed by atoms with Crippen molar-refractivity contribution in [3.05, 3.63) is 114 Å². The first-order chi connectivity index (χ1) is 19.9. The van der Waals surface area contributed by atoms with Gasteiger partial charge >= 0.3 is 0 Å². The van der Waals surface area contributed by atoms with Gasteiger partial charge in [0, 0.05) is 18.9 Å². The first-order valence-electron chi connectivity index (χ1n) is 13.9. The van der Waals surface area contributed by atoms with Crippen molar-refractivity contribution in [2.24, 2.45) is 11.8 Å². The smallest absolute Gasteiger partial charge is 0.243 e. The molecule has 0 radical (unpaired) electrons. The normalized spacial score (nSPS) is 23.7. The van der Waals surface area contributed by atoms with Crippen LogP contribution in [0.15, 0.2) is 91.0 Å². The molecule has 3 heterocycles. The van der Waals surface area contributed by atoms with Crippen molar-refractivity contribution in [2.45, 2.75) is 38.1 Å². The molecule has 8 nitrogen and oxygen atoms in total. The number of aromatic nitrogens is 2. The van der Waals surface area contributed by atoms with Gasteiger partial charge in [-0.1, -0.05) is 66.7 Å². The minimum absolute atomic E-state index is 0.0321. The van der Waals surface area contributed by atoms with Gasteiger partial charge in [-0.2, -0.15) is 0 Å². The van der Waals surface area contributed by atoms with Crippen LogP contribution in [0.2, 0.25) is 0 Å². The third kappa shape index (κ3) is 3.93. The Morgan fingerprint density at radius 1 is 0.683 bits per heavy atom. The van der Waals surface area contributed by atoms with Crippen LogP contribution in [0.3, 0.4) is 0 Å². The summed E-state index contributed by atoms with van der Waals surface area (Å²) in [6.45, 7) is 2.37. The average Bonchev–Trinajstić information content (AvgIpc) is 3.57. The third-order valence-corrected chi connectivity index (χ3v) is 8.69. The number of imide groups is 2. The number of carbonyl (C=O) groups excluding carboxylic acids is 4. The molecule has 0 spiro atoms. The fraction of sp³-hybridized carbons (Fsp3) is 0.242. The number of rotatable bonds is 5. The highest BCUT2D eigenvalue weighted by Gasteiger charge is 2.58. The molecule has 41 heavy (non-hydrogen) atoms. The molecule has 4 aromatic rings. The molecular formula is C33H28N4O4. The van der Waals surface area contributed by atoms with Gasteiger partial charge in [0.1, 0.15) is 5.82 Å². The monoisotopic (exact) mass is 544 g/mol. The van der Waals surface area contributed by atoms with E-state index in [-0.39, 0.29) is 36.5 Å². The lowest BCUT2D eigenvalue weighted by molar-refractivity contribution is -0.125. The summed E-state index contributed by atoms with van der Waals surface area (Å²) in [5, 5.41) is 0. The van der Waals surface area contributed by atoms with Crippen molar-refractivity contribution < 1.29 is 19.2 Å². The number of amides is 4. The van der Waals surface area contributed by atoms with Gasteiger partial charge in [0.05, 0.1) is 40.5 Å². The first-order valence-corrected chi connectivity index (χ1v) is 13.9. The second-order valence-corrected chi connectivity index (χ2v) is 11.0. The van der Waals surface area contributed by atoms with E-state index >= 15 is 0 Å². The maximum absolute atomic E-state index is 14.0. The Hall–Kier alpha value is -4.85. The summed E-state index contributed by atoms with van der Waals surface area (Å²) >= 11 is 0. The lowest BCUT2D eigenvalue weighted by Gasteiger charge is -2.32. The van der Waals surface area contributed by atoms with Crippen LogP contribution < -0.4 is 9.80 Å². The Morgan fingerprint density at radius 2 is 1.24 bits per heavy atom. The molecule has 0 saturated carbocycles. The van der Waals surface area contributed by atoms with Crippen LogP contribution in [0, 0.1) is 18.8 Å². The van der Waals surface area contributed by atoms with E-state index in [0.29, 0.717) is 35.1 Å². The van der Waals surface area contributed by atoms with E-state index in [1.807, 2.05) is 54.0 Å². The summed E-state index contributed by atoms with van der Waals surface area (Å²) in [6, 6.07) is 27.8. The SMILES string of the molecule is Cc1nc2c(n1Cc1ccccc1)[C@@H]1C(=O)N(c3ccccc3)C(=O)[C@@H]1CC2[C@@H]1CC(=O)N(c2ccccc2)C1=O. The topological polar surface area (TPSA) is 92.6 Å². The number of fused-ring (bicyclic) bond motifs is 3. The van der Waals surface area contributed by atoms with Gasteiger partial charge in [-0.25, -0.2) is 9.88 Å². The maximum Gasteiger partial charge on any atom is 0.243 e. The molecule has 3 aromatic carbocycles. The average molecular weight is 545 g/mol. The fourth-order valence-corrected chi connectivity index (χ4v) is 6.83. The van der Waals surface area contributed by atoms with Crippen molar-refractivity contribution in [3.8, 4) is 0 Å². The van der Waals surface area contributed by atoms with Crippen molar-refractivity contribution in [1.29, 1.82) is 0 Å². The summed E-state index contributed by atoms with van der Waals surface area (Å²) in [5.41, 5.74) is 3.43. The molecule has 2 fully saturated rings. The molecule has 7 rings (SSSR count). The minimum Gasteiger partial charge on any atom is -0.327 e. The molecule has 8 heteroatoms. The highest BCUT2D eigenvalue weighted by atomic mass is 16.2. The number of nitrogens with zero attached hydrogens (tertiary/aromatic N) is 4. The molecule has 3 aliphatic rings. The molecule has 2 saturated heterocycles. The highest BCUT2D eigenvalue weighted by Crippen LogP contribution is 2.52. The zero-order chi connectivity index (χ0) is 28.2. The number of hydrogen-bond donors (Lipinski definition) is 0. The summed E-state index contributed by atoms with van der Waals surface area (Å²) in [5.74, 6) is -2.91. The van der Waals surface area contributed by atoms with Gasteiger partial charge in [-0.3, -0.25) is 24.1 Å². The van der Waals surface area contributed by atoms with Gasteiger partial charge in [0.15, 0.2) is 0 Å². The van der Waals surface area contributed by atoms with Crippen LogP contribution >= 0.6 is 0 Å². The summed E-state index contributed by atoms with van der Waals surface area (Å²) in [7, 11) is 0. The molecule has 0 bridgehead atoms. The molecule has 1 aliphatic carbocycles. The van der Waals surface area contributed by atoms with E-state index in [2.05, 4.69) is 0 Å². The molecular weight excluding hydrogens is 516 g/mol. The lowest BCUT2D eigenvalue weighted by atomic mass is 9.70. The second-order valence-electron chi connectivity index (χ2n) is 11.0. The summed E-state index contributed by atoms with van der Waals surface area (Å²) in [4.78, 5) is 62.5. The largest absolute Gasteiger partial charge is 0.327 e. The molecule has 2 aliphatic heterocycles. The van der Waals surface area contributed by atoms with E-state index in [9.17, 15) is 19.2 Å². The Balaban J connectivity index is 1.34. The Kier molecular flexibility index (Phi) is 5.92. The number of aryl methyl sites for hydroxylation is 1. The van der Waals surface area contributed by atoms with Crippen molar-refractivity contribution in [3.63, 3.8) is 0 Å². The van der Waals surface area contributed by atoms with E-state index in [1.165, 1.54) is 9.80 Å². The Morgan fingerprint density at radius 3 is 1.88 bits per heavy atom. The molecule has 4 amide bonds. The minimum atomic E-state index is -0.712. The predicted molar refractivity (Wildman–Crippen MR) is 152 cm³/mol. The Labute approximate surface area is 237 Å². The highest BCUT2D eigenvalue weighted by molar-refractivity contribution is 6.24. The summed E-state index contributed by atoms with van der Waals surface area (Å²) in [6.07, 6.45) is 0.310. The van der Waals surface area contributed by atoms with Gasteiger partial charge in [0.25, 0.3) is 0 Å². The lowest BCUT2D eigenvalue weighted by Crippen LogP contribution is -2.35. The zero-order valence-electron chi connectivity index (χ0n) is 22.5. The van der Waals surface area contributed by atoms with Crippen LogP contribution in [0.4, 0.5) is 11.4 Å². The van der Waals surface area contributed by atoms with Crippen LogP contribution in [-0.2, 0) is 25.7 Å². The fourth-order valence-electron chi connectivity index (χ4n) is 6.83. The van der Waals surface area contributed by atoms with E-state index < -0.39 is 23.7 Å². The van der Waals surface area contributed by atoms with Crippen molar-refractivity contribution >= 4 is 35.0 Å². The van der Waals surface area contributed by atoms with Crippen LogP contribution in [0.25, 0.3) is 0 Å². The Bertz CT molecular complexity index is 1680. The van der Waals surface area contributed by atoms with E-state index in [1.54, 1.807) is 48.5 Å². The van der Waals surface area contributed by atoms with Gasteiger partial charge in [0.2, 0.25) is 23.6 Å². The maximum atomic E-state index is 14.0. The molecule has 0 N–H and O–H groups in total. The standard InChI is InChI=1S/C33H28N4O4/c1-20-34-29-24(25-18-27(38)36(31(25)39)22-13-7-3-8-14-22)17-26-28(30(29)35(20)19-21-11-5-2-6-12-21)33(41)37(32(26)40)23-15-9-4-10-16-23/h2-16,24-26,28H,17-19H2,1H3/t24?,25-,26+,28+/m0/s1. The first kappa shape index (κ1) is 25.1. The molecule has 1 aromatic heterocycles. The van der Waals surface area contributed by atoms with E-state index in [0.717, 1.165) is 5.56 Å². The van der Waals surface area contributed by atoms with Gasteiger partial charge in [-0.05, 0) is 43.2 Å². The van der Waals surface area contributed by atoms with Gasteiger partial charge in [-0.15, -0.1) is 0 Å². The molecule has 1 unspecified atom stereocenters. The van der Waals surface area contributed by atoms with Crippen molar-refractivity contribution in [2.75, 3.05) is 9.80 Å². The zero-order valence-corrected chi connectivity index (χ0v) is 22.5. The summed E-state index contributed by atoms with van der Waals surface area (Å²) < 4.78 is 2.02. The number of carbonyl (C=O) groups is 4. The van der Waals surface area contributed by atoms with Crippen LogP contribution in [-0.4, -0.2) is 33.2 Å². The number of imidazole rings is 1. The second kappa shape index (κ2) is 9.66. The quantitative estimate of drug-likeness (QED) is 0.343. The third-order valence-electron chi connectivity index (χ3n) is 8.69.